The predicted molar refractivity (Wildman–Crippen MR) is 76.8 cm³/mol. The minimum absolute atomic E-state index is 0.153. The third-order valence-corrected chi connectivity index (χ3v) is 3.59. The molecular formula is C15H19ClO4. The number of ether oxygens (including phenoxy) is 2. The number of halogens is 1. The molecular weight excluding hydrogens is 280 g/mol. The molecule has 110 valence electrons. The van der Waals surface area contributed by atoms with Gasteiger partial charge in [-0.05, 0) is 49.3 Å². The van der Waals surface area contributed by atoms with Gasteiger partial charge in [0.25, 0.3) is 0 Å². The summed E-state index contributed by atoms with van der Waals surface area (Å²) in [6.07, 6.45) is 3.82. The van der Waals surface area contributed by atoms with Crippen LogP contribution >= 0.6 is 11.6 Å². The van der Waals surface area contributed by atoms with Crippen LogP contribution in [-0.4, -0.2) is 24.8 Å². The average molecular weight is 299 g/mol. The molecule has 1 aromatic carbocycles. The highest BCUT2D eigenvalue weighted by Crippen LogP contribution is 2.38. The van der Waals surface area contributed by atoms with Crippen molar-refractivity contribution in [1.82, 2.24) is 0 Å². The minimum Gasteiger partial charge on any atom is -0.493 e. The SMILES string of the molecule is COc1cc(CCCC(=O)O)cc(Cl)c1OCC1CC1. The van der Waals surface area contributed by atoms with Gasteiger partial charge < -0.3 is 14.6 Å². The molecule has 5 heteroatoms. The van der Waals surface area contributed by atoms with Crippen LogP contribution in [0.1, 0.15) is 31.2 Å². The van der Waals surface area contributed by atoms with Gasteiger partial charge >= 0.3 is 5.97 Å². The van der Waals surface area contributed by atoms with Crippen molar-refractivity contribution >= 4 is 17.6 Å². The van der Waals surface area contributed by atoms with Gasteiger partial charge in [-0.1, -0.05) is 11.6 Å². The number of rotatable bonds is 8. The summed E-state index contributed by atoms with van der Waals surface area (Å²) < 4.78 is 11.1. The summed E-state index contributed by atoms with van der Waals surface area (Å²) in [7, 11) is 1.58. The van der Waals surface area contributed by atoms with Crippen LogP contribution < -0.4 is 9.47 Å². The molecule has 20 heavy (non-hydrogen) atoms. The van der Waals surface area contributed by atoms with E-state index in [9.17, 15) is 4.79 Å². The van der Waals surface area contributed by atoms with Gasteiger partial charge in [-0.3, -0.25) is 4.79 Å². The summed E-state index contributed by atoms with van der Waals surface area (Å²) in [5, 5.41) is 9.17. The van der Waals surface area contributed by atoms with E-state index in [1.54, 1.807) is 7.11 Å². The van der Waals surface area contributed by atoms with E-state index < -0.39 is 5.97 Å². The topological polar surface area (TPSA) is 55.8 Å². The molecule has 0 saturated heterocycles. The van der Waals surface area contributed by atoms with Crippen molar-refractivity contribution in [3.05, 3.63) is 22.7 Å². The van der Waals surface area contributed by atoms with Gasteiger partial charge in [0.2, 0.25) is 0 Å². The van der Waals surface area contributed by atoms with Gasteiger partial charge in [0, 0.05) is 6.42 Å². The zero-order valence-electron chi connectivity index (χ0n) is 11.5. The summed E-state index contributed by atoms with van der Waals surface area (Å²) >= 11 is 6.24. The summed E-state index contributed by atoms with van der Waals surface area (Å²) in [5.41, 5.74) is 0.965. The molecule has 0 radical (unpaired) electrons. The number of aryl methyl sites for hydroxylation is 1. The Labute approximate surface area is 123 Å². The van der Waals surface area contributed by atoms with Crippen LogP contribution in [0, 0.1) is 5.92 Å². The van der Waals surface area contributed by atoms with Gasteiger partial charge in [0.1, 0.15) is 0 Å². The lowest BCUT2D eigenvalue weighted by Crippen LogP contribution is -2.02. The second-order valence-electron chi connectivity index (χ2n) is 5.11. The number of methoxy groups -OCH3 is 1. The molecule has 1 saturated carbocycles. The Balaban J connectivity index is 2.03. The number of aliphatic carboxylic acids is 1. The van der Waals surface area contributed by atoms with E-state index in [1.165, 1.54) is 12.8 Å². The first-order valence-corrected chi connectivity index (χ1v) is 7.19. The molecule has 4 nitrogen and oxygen atoms in total. The second-order valence-corrected chi connectivity index (χ2v) is 5.52. The Bertz CT molecular complexity index is 483. The molecule has 0 aliphatic heterocycles. The third kappa shape index (κ3) is 4.30. The van der Waals surface area contributed by atoms with Crippen molar-refractivity contribution in [2.45, 2.75) is 32.1 Å². The van der Waals surface area contributed by atoms with Crippen molar-refractivity contribution in [3.63, 3.8) is 0 Å². The van der Waals surface area contributed by atoms with Crippen LogP contribution in [0.2, 0.25) is 5.02 Å². The van der Waals surface area contributed by atoms with E-state index in [2.05, 4.69) is 0 Å². The first-order valence-electron chi connectivity index (χ1n) is 6.81. The number of carbonyl (C=O) groups is 1. The zero-order chi connectivity index (χ0) is 14.5. The van der Waals surface area contributed by atoms with Gasteiger partial charge in [-0.25, -0.2) is 0 Å². The molecule has 0 bridgehead atoms. The van der Waals surface area contributed by atoms with Crippen molar-refractivity contribution in [1.29, 1.82) is 0 Å². The highest BCUT2D eigenvalue weighted by Gasteiger charge is 2.23. The first kappa shape index (κ1) is 15.0. The molecule has 0 amide bonds. The lowest BCUT2D eigenvalue weighted by Gasteiger charge is -2.14. The third-order valence-electron chi connectivity index (χ3n) is 3.31. The lowest BCUT2D eigenvalue weighted by molar-refractivity contribution is -0.137. The fourth-order valence-corrected chi connectivity index (χ4v) is 2.27. The van der Waals surface area contributed by atoms with Crippen LogP contribution in [0.15, 0.2) is 12.1 Å². The van der Waals surface area contributed by atoms with Crippen LogP contribution in [0.5, 0.6) is 11.5 Å². The molecule has 1 aliphatic rings. The Morgan fingerprint density at radius 2 is 2.20 bits per heavy atom. The molecule has 0 spiro atoms. The largest absolute Gasteiger partial charge is 0.493 e. The molecule has 0 atom stereocenters. The molecule has 1 N–H and O–H groups in total. The smallest absolute Gasteiger partial charge is 0.303 e. The fraction of sp³-hybridized carbons (Fsp3) is 0.533. The highest BCUT2D eigenvalue weighted by atomic mass is 35.5. The molecule has 1 aliphatic carbocycles. The quantitative estimate of drug-likeness (QED) is 0.797. The Kier molecular flexibility index (Phi) is 5.12. The van der Waals surface area contributed by atoms with E-state index >= 15 is 0 Å². The number of carboxylic acids is 1. The van der Waals surface area contributed by atoms with Crippen LogP contribution in [0.25, 0.3) is 0 Å². The van der Waals surface area contributed by atoms with Gasteiger partial charge in [0.15, 0.2) is 11.5 Å². The molecule has 1 aromatic rings. The summed E-state index contributed by atoms with van der Waals surface area (Å²) in [5.74, 6) is 1.06. The number of hydrogen-bond donors (Lipinski definition) is 1. The Morgan fingerprint density at radius 1 is 1.45 bits per heavy atom. The standard InChI is InChI=1S/C15H19ClO4/c1-19-13-8-11(3-2-4-14(17)18)7-12(16)15(13)20-9-10-5-6-10/h7-8,10H,2-6,9H2,1H3,(H,17,18). The summed E-state index contributed by atoms with van der Waals surface area (Å²) in [4.78, 5) is 10.5. The first-order chi connectivity index (χ1) is 9.60. The summed E-state index contributed by atoms with van der Waals surface area (Å²) in [6.45, 7) is 0.675. The van der Waals surface area contributed by atoms with Crippen molar-refractivity contribution < 1.29 is 19.4 Å². The normalized spacial score (nSPS) is 14.1. The van der Waals surface area contributed by atoms with Gasteiger partial charge in [-0.2, -0.15) is 0 Å². The van der Waals surface area contributed by atoms with Crippen molar-refractivity contribution in [3.8, 4) is 11.5 Å². The van der Waals surface area contributed by atoms with E-state index in [0.29, 0.717) is 41.9 Å². The highest BCUT2D eigenvalue weighted by molar-refractivity contribution is 6.32. The molecule has 1 fully saturated rings. The second kappa shape index (κ2) is 6.84. The van der Waals surface area contributed by atoms with E-state index in [-0.39, 0.29) is 6.42 Å². The van der Waals surface area contributed by atoms with Gasteiger partial charge in [-0.15, -0.1) is 0 Å². The molecule has 0 aromatic heterocycles. The number of benzene rings is 1. The Hall–Kier alpha value is -1.42. The minimum atomic E-state index is -0.785. The van der Waals surface area contributed by atoms with E-state index in [0.717, 1.165) is 5.56 Å². The fourth-order valence-electron chi connectivity index (χ4n) is 1.99. The van der Waals surface area contributed by atoms with Crippen LogP contribution in [0.3, 0.4) is 0 Å². The maximum absolute atomic E-state index is 10.5. The summed E-state index contributed by atoms with van der Waals surface area (Å²) in [6, 6.07) is 3.70. The maximum atomic E-state index is 10.5. The Morgan fingerprint density at radius 3 is 2.80 bits per heavy atom. The molecule has 0 heterocycles. The average Bonchev–Trinajstić information content (AvgIpc) is 3.20. The lowest BCUT2D eigenvalue weighted by atomic mass is 10.1. The van der Waals surface area contributed by atoms with Crippen LogP contribution in [0.4, 0.5) is 0 Å². The maximum Gasteiger partial charge on any atom is 0.303 e. The predicted octanol–water partition coefficient (Wildman–Crippen LogP) is 3.54. The monoisotopic (exact) mass is 298 g/mol. The number of hydrogen-bond acceptors (Lipinski definition) is 3. The van der Waals surface area contributed by atoms with Crippen molar-refractivity contribution in [2.24, 2.45) is 5.92 Å². The van der Waals surface area contributed by atoms with Crippen molar-refractivity contribution in [2.75, 3.05) is 13.7 Å². The number of carboxylic acid groups (broad SMARTS) is 1. The molecule has 2 rings (SSSR count). The molecule has 0 unspecified atom stereocenters. The van der Waals surface area contributed by atoms with Gasteiger partial charge in [0.05, 0.1) is 18.7 Å². The zero-order valence-corrected chi connectivity index (χ0v) is 12.3. The van der Waals surface area contributed by atoms with E-state index in [1.807, 2.05) is 12.1 Å². The van der Waals surface area contributed by atoms with Crippen LogP contribution in [-0.2, 0) is 11.2 Å². The van der Waals surface area contributed by atoms with E-state index in [4.69, 9.17) is 26.2 Å².